The molecule has 3 aliphatic rings. The van der Waals surface area contributed by atoms with E-state index in [1.165, 1.54) is 18.9 Å². The number of hydrogen-bond acceptors (Lipinski definition) is 6. The molecule has 2 amide bonds. The third-order valence-electron chi connectivity index (χ3n) is 6.11. The minimum Gasteiger partial charge on any atom is -0.332 e. The minimum absolute atomic E-state index is 0.100. The van der Waals surface area contributed by atoms with E-state index in [-0.39, 0.29) is 11.6 Å². The Morgan fingerprint density at radius 2 is 1.94 bits per heavy atom. The second kappa shape index (κ2) is 9.55. The Morgan fingerprint density at radius 1 is 1.12 bits per heavy atom. The highest BCUT2D eigenvalue weighted by Crippen LogP contribution is 2.43. The number of nitrogens with zero attached hydrogens (tertiary/aromatic N) is 3. The summed E-state index contributed by atoms with van der Waals surface area (Å²) < 4.78 is 26.9. The Bertz CT molecular complexity index is 1190. The molecule has 34 heavy (non-hydrogen) atoms. The van der Waals surface area contributed by atoms with Crippen molar-refractivity contribution in [2.24, 2.45) is 21.6 Å². The number of anilines is 2. The van der Waals surface area contributed by atoms with Gasteiger partial charge in [0, 0.05) is 33.8 Å². The molecule has 2 unspecified atom stereocenters. The summed E-state index contributed by atoms with van der Waals surface area (Å²) in [6, 6.07) is 10.1. The number of amides is 2. The summed E-state index contributed by atoms with van der Waals surface area (Å²) in [5.41, 5.74) is 6.77. The summed E-state index contributed by atoms with van der Waals surface area (Å²) in [7, 11) is 0. The summed E-state index contributed by atoms with van der Waals surface area (Å²) in [4.78, 5) is 25.4. The predicted octanol–water partition coefficient (Wildman–Crippen LogP) is 5.14. The van der Waals surface area contributed by atoms with Gasteiger partial charge < -0.3 is 21.3 Å². The topological polar surface area (TPSA) is 95.1 Å². The van der Waals surface area contributed by atoms with Crippen LogP contribution in [0, 0.1) is 17.6 Å². The zero-order valence-corrected chi connectivity index (χ0v) is 19.1. The van der Waals surface area contributed by atoms with Crippen molar-refractivity contribution in [3.63, 3.8) is 0 Å². The lowest BCUT2D eigenvalue weighted by Gasteiger charge is -2.29. The van der Waals surface area contributed by atoms with Gasteiger partial charge in [0.05, 0.1) is 11.6 Å². The molecule has 5 rings (SSSR count). The van der Waals surface area contributed by atoms with Crippen LogP contribution in [0.5, 0.6) is 0 Å². The van der Waals surface area contributed by atoms with Crippen LogP contribution in [0.4, 0.5) is 25.0 Å². The number of fused-ring (bicyclic) bond motifs is 1. The molecule has 1 fully saturated rings. The van der Waals surface area contributed by atoms with E-state index in [1.54, 1.807) is 24.2 Å². The van der Waals surface area contributed by atoms with Gasteiger partial charge in [0.15, 0.2) is 0 Å². The van der Waals surface area contributed by atoms with Crippen molar-refractivity contribution >= 4 is 41.3 Å². The molecule has 2 atom stereocenters. The van der Waals surface area contributed by atoms with Gasteiger partial charge in [-0.2, -0.15) is 0 Å². The van der Waals surface area contributed by atoms with Crippen LogP contribution in [0.1, 0.15) is 25.7 Å². The van der Waals surface area contributed by atoms with Gasteiger partial charge in [-0.15, -0.1) is 0 Å². The molecule has 2 aromatic rings. The Morgan fingerprint density at radius 3 is 2.74 bits per heavy atom. The number of nitrogens with two attached hydrogens (primary N) is 1. The summed E-state index contributed by atoms with van der Waals surface area (Å²) in [6.07, 6.45) is 8.00. The molecule has 176 valence electrons. The summed E-state index contributed by atoms with van der Waals surface area (Å²) in [5.74, 6) is -0.704. The van der Waals surface area contributed by atoms with Crippen molar-refractivity contribution in [3.8, 4) is 0 Å². The van der Waals surface area contributed by atoms with Crippen molar-refractivity contribution in [3.05, 3.63) is 65.2 Å². The van der Waals surface area contributed by atoms with Gasteiger partial charge in [-0.05, 0) is 43.2 Å². The number of hydrogen-bond donors (Lipinski definition) is 3. The van der Waals surface area contributed by atoms with E-state index in [2.05, 4.69) is 31.7 Å². The van der Waals surface area contributed by atoms with E-state index in [0.717, 1.165) is 34.5 Å². The molecule has 1 saturated carbocycles. The SMILES string of the molecule is NC1N=CN=C2C1C(Sc1cccc(NC(=O)Nc3ccc(F)cc3F)c1)=CN2C1CCCC1. The molecule has 2 aromatic carbocycles. The molecule has 0 saturated heterocycles. The third kappa shape index (κ3) is 4.69. The van der Waals surface area contributed by atoms with Crippen LogP contribution in [0.25, 0.3) is 0 Å². The Hall–Kier alpha value is -3.24. The van der Waals surface area contributed by atoms with Crippen molar-refractivity contribution in [2.75, 3.05) is 10.6 Å². The molecule has 1 aliphatic carbocycles. The predicted molar refractivity (Wildman–Crippen MR) is 131 cm³/mol. The van der Waals surface area contributed by atoms with Crippen molar-refractivity contribution in [1.29, 1.82) is 0 Å². The largest absolute Gasteiger partial charge is 0.332 e. The molecular weight excluding hydrogens is 458 g/mol. The number of carbonyl (C=O) groups is 1. The van der Waals surface area contributed by atoms with Gasteiger partial charge >= 0.3 is 6.03 Å². The van der Waals surface area contributed by atoms with Crippen LogP contribution in [-0.4, -0.2) is 35.3 Å². The Kier molecular flexibility index (Phi) is 6.34. The number of carbonyl (C=O) groups excluding carboxylic acids is 1. The van der Waals surface area contributed by atoms with Gasteiger partial charge in [0.1, 0.15) is 30.0 Å². The zero-order valence-electron chi connectivity index (χ0n) is 18.2. The average Bonchev–Trinajstić information content (AvgIpc) is 3.45. The number of benzene rings is 2. The second-order valence-electron chi connectivity index (χ2n) is 8.43. The maximum atomic E-state index is 13.8. The molecule has 7 nitrogen and oxygen atoms in total. The highest BCUT2D eigenvalue weighted by Gasteiger charge is 2.41. The van der Waals surface area contributed by atoms with Crippen LogP contribution < -0.4 is 16.4 Å². The van der Waals surface area contributed by atoms with E-state index >= 15 is 0 Å². The number of aliphatic imine (C=N–C) groups is 2. The lowest BCUT2D eigenvalue weighted by Crippen LogP contribution is -2.42. The van der Waals surface area contributed by atoms with Crippen LogP contribution >= 0.6 is 11.8 Å². The first kappa shape index (κ1) is 22.5. The normalized spacial score (nSPS) is 21.8. The van der Waals surface area contributed by atoms with Crippen LogP contribution in [0.2, 0.25) is 0 Å². The van der Waals surface area contributed by atoms with Crippen LogP contribution in [-0.2, 0) is 0 Å². The first-order valence-corrected chi connectivity index (χ1v) is 12.0. The average molecular weight is 483 g/mol. The molecule has 4 N–H and O–H groups in total. The third-order valence-corrected chi connectivity index (χ3v) is 7.20. The van der Waals surface area contributed by atoms with E-state index in [0.29, 0.717) is 17.8 Å². The van der Waals surface area contributed by atoms with Gasteiger partial charge in [0.2, 0.25) is 0 Å². The second-order valence-corrected chi connectivity index (χ2v) is 9.58. The molecule has 0 bridgehead atoms. The highest BCUT2D eigenvalue weighted by molar-refractivity contribution is 8.03. The van der Waals surface area contributed by atoms with Gasteiger partial charge in [0.25, 0.3) is 0 Å². The first-order valence-electron chi connectivity index (χ1n) is 11.1. The minimum atomic E-state index is -0.844. The quantitative estimate of drug-likeness (QED) is 0.550. The Balaban J connectivity index is 1.30. The molecule has 2 heterocycles. The summed E-state index contributed by atoms with van der Waals surface area (Å²) in [5, 5.41) is 5.08. The number of urea groups is 1. The zero-order chi connectivity index (χ0) is 23.7. The van der Waals surface area contributed by atoms with E-state index in [4.69, 9.17) is 5.73 Å². The maximum Gasteiger partial charge on any atom is 0.323 e. The highest BCUT2D eigenvalue weighted by atomic mass is 32.2. The fourth-order valence-corrected chi connectivity index (χ4v) is 5.65. The van der Waals surface area contributed by atoms with Gasteiger partial charge in [-0.25, -0.2) is 18.6 Å². The molecule has 10 heteroatoms. The maximum absolute atomic E-state index is 13.8. The van der Waals surface area contributed by atoms with Crippen LogP contribution in [0.3, 0.4) is 0 Å². The lowest BCUT2D eigenvalue weighted by atomic mass is 10.1. The first-order chi connectivity index (χ1) is 16.5. The van der Waals surface area contributed by atoms with Crippen molar-refractivity contribution < 1.29 is 13.6 Å². The molecule has 0 radical (unpaired) electrons. The number of nitrogens with one attached hydrogen (secondary N) is 2. The number of halogens is 2. The molecule has 0 aromatic heterocycles. The molecule has 2 aliphatic heterocycles. The fourth-order valence-electron chi connectivity index (χ4n) is 4.51. The summed E-state index contributed by atoms with van der Waals surface area (Å²) in [6.45, 7) is 0. The standard InChI is InChI=1S/C24H24F2N6OS/c25-14-8-9-19(18(26)10-14)31-24(33)30-15-4-3-7-17(11-15)34-20-12-32(16-5-1-2-6-16)23-21(20)22(27)28-13-29-23/h3-4,7-13,16,21-22H,1-2,5-6,27H2,(H2,30,31,33). The van der Waals surface area contributed by atoms with Crippen molar-refractivity contribution in [1.82, 2.24) is 4.90 Å². The van der Waals surface area contributed by atoms with Gasteiger partial charge in [-0.3, -0.25) is 4.99 Å². The molecule has 0 spiro atoms. The smallest absolute Gasteiger partial charge is 0.323 e. The number of thioether (sulfide) groups is 1. The molecular formula is C24H24F2N6OS. The summed E-state index contributed by atoms with van der Waals surface area (Å²) >= 11 is 1.56. The van der Waals surface area contributed by atoms with E-state index < -0.39 is 23.8 Å². The van der Waals surface area contributed by atoms with E-state index in [9.17, 15) is 13.6 Å². The number of rotatable bonds is 5. The van der Waals surface area contributed by atoms with E-state index in [1.807, 2.05) is 18.2 Å². The van der Waals surface area contributed by atoms with Crippen LogP contribution in [0.15, 0.2) is 68.4 Å². The number of amidine groups is 1. The monoisotopic (exact) mass is 482 g/mol. The van der Waals surface area contributed by atoms with Crippen molar-refractivity contribution in [2.45, 2.75) is 42.8 Å². The Labute approximate surface area is 200 Å². The fraction of sp³-hybridized carbons (Fsp3) is 0.292. The lowest BCUT2D eigenvalue weighted by molar-refractivity contribution is 0.262. The van der Waals surface area contributed by atoms with Gasteiger partial charge in [-0.1, -0.05) is 30.7 Å².